The SMILES string of the molecule is CC[C@H]1[NH2+][C@]2(C(=O)N(Cc3ccccc3F)c3ccccc32)[C@@H]2C(=O)N(Cc3ccccc3)C(=O)[C@H]21. The molecule has 6 rings (SSSR count). The fourth-order valence-corrected chi connectivity index (χ4v) is 6.42. The first-order valence-corrected chi connectivity index (χ1v) is 12.4. The Morgan fingerprint density at radius 3 is 2.28 bits per heavy atom. The lowest BCUT2D eigenvalue weighted by atomic mass is 9.76. The number of para-hydroxylation sites is 1. The largest absolute Gasteiger partial charge is 0.326 e. The number of anilines is 1. The maximum Gasteiger partial charge on any atom is 0.294 e. The summed E-state index contributed by atoms with van der Waals surface area (Å²) in [6.07, 6.45) is 0.643. The highest BCUT2D eigenvalue weighted by Gasteiger charge is 2.74. The molecule has 2 N–H and O–H groups in total. The van der Waals surface area contributed by atoms with Gasteiger partial charge in [-0.05, 0) is 24.1 Å². The first kappa shape index (κ1) is 22.6. The number of quaternary nitrogens is 1. The van der Waals surface area contributed by atoms with E-state index < -0.39 is 17.4 Å². The Balaban J connectivity index is 1.44. The van der Waals surface area contributed by atoms with Gasteiger partial charge < -0.3 is 10.2 Å². The van der Waals surface area contributed by atoms with Gasteiger partial charge in [-0.25, -0.2) is 4.39 Å². The molecule has 6 nitrogen and oxygen atoms in total. The van der Waals surface area contributed by atoms with Crippen LogP contribution in [0.2, 0.25) is 0 Å². The van der Waals surface area contributed by atoms with Crippen LogP contribution >= 0.6 is 0 Å². The predicted molar refractivity (Wildman–Crippen MR) is 131 cm³/mol. The average molecular weight is 485 g/mol. The first-order valence-electron chi connectivity index (χ1n) is 12.4. The summed E-state index contributed by atoms with van der Waals surface area (Å²) >= 11 is 0. The van der Waals surface area contributed by atoms with Crippen LogP contribution in [0.3, 0.4) is 0 Å². The Kier molecular flexibility index (Phi) is 5.26. The van der Waals surface area contributed by atoms with Gasteiger partial charge in [0, 0.05) is 11.1 Å². The molecular weight excluding hydrogens is 457 g/mol. The third-order valence-corrected chi connectivity index (χ3v) is 8.05. The van der Waals surface area contributed by atoms with Gasteiger partial charge in [0.1, 0.15) is 17.7 Å². The zero-order valence-corrected chi connectivity index (χ0v) is 19.9. The monoisotopic (exact) mass is 484 g/mol. The van der Waals surface area contributed by atoms with Crippen LogP contribution in [0.5, 0.6) is 0 Å². The van der Waals surface area contributed by atoms with E-state index in [1.165, 1.54) is 11.0 Å². The molecule has 0 bridgehead atoms. The molecule has 2 saturated heterocycles. The molecule has 0 aliphatic carbocycles. The Labute approximate surface area is 208 Å². The molecule has 3 heterocycles. The molecule has 3 amide bonds. The van der Waals surface area contributed by atoms with Crippen LogP contribution in [-0.2, 0) is 33.0 Å². The van der Waals surface area contributed by atoms with Gasteiger partial charge in [-0.3, -0.25) is 19.3 Å². The van der Waals surface area contributed by atoms with Crippen molar-refractivity contribution >= 4 is 23.4 Å². The fourth-order valence-electron chi connectivity index (χ4n) is 6.42. The molecule has 0 aromatic heterocycles. The summed E-state index contributed by atoms with van der Waals surface area (Å²) in [5.41, 5.74) is 1.41. The lowest BCUT2D eigenvalue weighted by molar-refractivity contribution is -0.733. The summed E-state index contributed by atoms with van der Waals surface area (Å²) in [6.45, 7) is 2.23. The predicted octanol–water partition coefficient (Wildman–Crippen LogP) is 2.72. The zero-order chi connectivity index (χ0) is 25.0. The highest BCUT2D eigenvalue weighted by atomic mass is 19.1. The lowest BCUT2D eigenvalue weighted by Gasteiger charge is -2.27. The van der Waals surface area contributed by atoms with Gasteiger partial charge in [-0.15, -0.1) is 0 Å². The highest BCUT2D eigenvalue weighted by molar-refractivity contribution is 6.14. The van der Waals surface area contributed by atoms with Crippen molar-refractivity contribution in [1.29, 1.82) is 0 Å². The highest BCUT2D eigenvalue weighted by Crippen LogP contribution is 2.51. The van der Waals surface area contributed by atoms with Crippen LogP contribution in [0, 0.1) is 17.7 Å². The van der Waals surface area contributed by atoms with E-state index >= 15 is 0 Å². The number of fused-ring (bicyclic) bond motifs is 4. The second-order valence-electron chi connectivity index (χ2n) is 9.86. The third kappa shape index (κ3) is 3.09. The summed E-state index contributed by atoms with van der Waals surface area (Å²) in [7, 11) is 0. The van der Waals surface area contributed by atoms with Gasteiger partial charge >= 0.3 is 0 Å². The minimum absolute atomic E-state index is 0.0577. The van der Waals surface area contributed by atoms with Crippen molar-refractivity contribution in [2.75, 3.05) is 4.90 Å². The normalized spacial score (nSPS) is 26.7. The molecule has 0 radical (unpaired) electrons. The topological polar surface area (TPSA) is 74.3 Å². The second kappa shape index (κ2) is 8.38. The number of halogens is 1. The molecule has 0 saturated carbocycles. The summed E-state index contributed by atoms with van der Waals surface area (Å²) in [6, 6.07) is 23.0. The van der Waals surface area contributed by atoms with E-state index in [0.29, 0.717) is 17.7 Å². The molecule has 4 atom stereocenters. The molecule has 3 aromatic rings. The number of benzene rings is 3. The maximum atomic E-state index is 14.6. The molecule has 0 unspecified atom stereocenters. The number of amides is 3. The average Bonchev–Trinajstić information content (AvgIpc) is 3.46. The van der Waals surface area contributed by atoms with Gasteiger partial charge in [0.25, 0.3) is 5.91 Å². The van der Waals surface area contributed by atoms with Crippen LogP contribution in [-0.4, -0.2) is 28.7 Å². The van der Waals surface area contributed by atoms with Crippen LogP contribution in [0.1, 0.15) is 30.0 Å². The standard InChI is InChI=1S/C29H26FN3O3/c1-2-22-24-25(27(35)33(26(24)34)16-18-10-4-3-5-11-18)29(31-22)20-13-7-9-15-23(20)32(28(29)36)17-19-12-6-8-14-21(19)30/h3-15,22,24-25,31H,2,16-17H2,1H3/p+1/t22-,24+,25+,29+/m1/s1. The van der Waals surface area contributed by atoms with Crippen LogP contribution in [0.15, 0.2) is 78.9 Å². The van der Waals surface area contributed by atoms with Gasteiger partial charge in [0.2, 0.25) is 17.4 Å². The van der Waals surface area contributed by atoms with E-state index in [1.807, 2.05) is 66.8 Å². The number of rotatable bonds is 5. The van der Waals surface area contributed by atoms with Crippen molar-refractivity contribution in [2.24, 2.45) is 11.8 Å². The van der Waals surface area contributed by atoms with Crippen molar-refractivity contribution in [3.63, 3.8) is 0 Å². The number of imide groups is 1. The Bertz CT molecular complexity index is 1380. The lowest BCUT2D eigenvalue weighted by Crippen LogP contribution is -2.99. The summed E-state index contributed by atoms with van der Waals surface area (Å²) in [4.78, 5) is 44.8. The molecule has 3 aliphatic heterocycles. The number of nitrogens with zero attached hydrogens (tertiary/aromatic N) is 2. The van der Waals surface area contributed by atoms with Crippen LogP contribution < -0.4 is 10.2 Å². The minimum atomic E-state index is -1.24. The third-order valence-electron chi connectivity index (χ3n) is 8.05. The number of carbonyl (C=O) groups excluding carboxylic acids is 3. The molecule has 36 heavy (non-hydrogen) atoms. The number of likely N-dealkylation sites (tertiary alicyclic amines) is 1. The summed E-state index contributed by atoms with van der Waals surface area (Å²) < 4.78 is 14.6. The molecule has 1 spiro atoms. The second-order valence-corrected chi connectivity index (χ2v) is 9.86. The van der Waals surface area contributed by atoms with Crippen molar-refractivity contribution < 1.29 is 24.1 Å². The van der Waals surface area contributed by atoms with E-state index in [-0.39, 0.29) is 42.7 Å². The molecule has 7 heteroatoms. The van der Waals surface area contributed by atoms with E-state index in [0.717, 1.165) is 11.1 Å². The summed E-state index contributed by atoms with van der Waals surface area (Å²) in [5, 5.41) is 1.94. The van der Waals surface area contributed by atoms with E-state index in [1.54, 1.807) is 23.1 Å². The number of nitrogens with two attached hydrogens (primary N) is 1. The quantitative estimate of drug-likeness (QED) is 0.566. The van der Waals surface area contributed by atoms with Crippen molar-refractivity contribution in [3.05, 3.63) is 101 Å². The van der Waals surface area contributed by atoms with E-state index in [4.69, 9.17) is 0 Å². The maximum absolute atomic E-state index is 14.6. The van der Waals surface area contributed by atoms with E-state index in [2.05, 4.69) is 0 Å². The Morgan fingerprint density at radius 2 is 1.53 bits per heavy atom. The Hall–Kier alpha value is -3.84. The number of carbonyl (C=O) groups is 3. The summed E-state index contributed by atoms with van der Waals surface area (Å²) in [5.74, 6) is -2.57. The number of hydrogen-bond acceptors (Lipinski definition) is 3. The van der Waals surface area contributed by atoms with Crippen molar-refractivity contribution in [2.45, 2.75) is 38.0 Å². The van der Waals surface area contributed by atoms with Gasteiger partial charge in [-0.1, -0.05) is 73.7 Å². The molecule has 182 valence electrons. The minimum Gasteiger partial charge on any atom is -0.326 e. The fraction of sp³-hybridized carbons (Fsp3) is 0.276. The van der Waals surface area contributed by atoms with Crippen LogP contribution in [0.4, 0.5) is 10.1 Å². The molecule has 3 aromatic carbocycles. The van der Waals surface area contributed by atoms with Gasteiger partial charge in [0.15, 0.2) is 0 Å². The molecule has 2 fully saturated rings. The first-order chi connectivity index (χ1) is 17.5. The van der Waals surface area contributed by atoms with Crippen molar-refractivity contribution in [1.82, 2.24) is 4.90 Å². The molecular formula is C29H27FN3O3+. The van der Waals surface area contributed by atoms with Crippen LogP contribution in [0.25, 0.3) is 0 Å². The Morgan fingerprint density at radius 1 is 0.833 bits per heavy atom. The van der Waals surface area contributed by atoms with Gasteiger partial charge in [0.05, 0.1) is 24.8 Å². The van der Waals surface area contributed by atoms with Gasteiger partial charge in [-0.2, -0.15) is 0 Å². The molecule has 3 aliphatic rings. The van der Waals surface area contributed by atoms with E-state index in [9.17, 15) is 18.8 Å². The number of hydrogen-bond donors (Lipinski definition) is 1. The smallest absolute Gasteiger partial charge is 0.294 e. The van der Waals surface area contributed by atoms with Crippen molar-refractivity contribution in [3.8, 4) is 0 Å². The zero-order valence-electron chi connectivity index (χ0n) is 19.9.